The maximum Gasteiger partial charge on any atom is 0.184 e. The predicted octanol–water partition coefficient (Wildman–Crippen LogP) is 4.34. The largest absolute Gasteiger partial charge is 0.410 e. The highest BCUT2D eigenvalue weighted by Gasteiger charge is 2.34. The van der Waals surface area contributed by atoms with Crippen molar-refractivity contribution in [2.45, 2.75) is 51.4 Å². The summed E-state index contributed by atoms with van der Waals surface area (Å²) in [6, 6.07) is 10.3. The maximum absolute atomic E-state index is 12.2. The van der Waals surface area contributed by atoms with Gasteiger partial charge in [0.05, 0.1) is 6.10 Å². The van der Waals surface area contributed by atoms with E-state index in [-0.39, 0.29) is 12.0 Å². The van der Waals surface area contributed by atoms with E-state index < -0.39 is 8.32 Å². The Kier molecular flexibility index (Phi) is 4.58. The zero-order valence-electron chi connectivity index (χ0n) is 12.2. The van der Waals surface area contributed by atoms with Crippen LogP contribution < -0.4 is 0 Å². The molecule has 0 spiro atoms. The number of ketones is 1. The van der Waals surface area contributed by atoms with Gasteiger partial charge in [0.15, 0.2) is 8.32 Å². The molecule has 0 aliphatic heterocycles. The highest BCUT2D eigenvalue weighted by atomic mass is 28.4. The van der Waals surface area contributed by atoms with E-state index in [1.165, 1.54) is 0 Å². The molecule has 104 valence electrons. The first-order valence-electron chi connectivity index (χ1n) is 7.23. The van der Waals surface area contributed by atoms with Gasteiger partial charge in [-0.05, 0) is 38.0 Å². The molecule has 1 fully saturated rings. The molecule has 0 aromatic heterocycles. The number of benzene rings is 1. The number of carbonyl (C=O) groups is 1. The van der Waals surface area contributed by atoms with Crippen molar-refractivity contribution in [2.24, 2.45) is 5.92 Å². The molecule has 19 heavy (non-hydrogen) atoms. The van der Waals surface area contributed by atoms with Crippen molar-refractivity contribution < 1.29 is 9.22 Å². The predicted molar refractivity (Wildman–Crippen MR) is 80.6 cm³/mol. The Hall–Kier alpha value is -0.933. The van der Waals surface area contributed by atoms with Crippen molar-refractivity contribution in [1.29, 1.82) is 0 Å². The smallest absolute Gasteiger partial charge is 0.184 e. The molecule has 0 unspecified atom stereocenters. The van der Waals surface area contributed by atoms with Crippen molar-refractivity contribution in [2.75, 3.05) is 0 Å². The molecular formula is C16H24O2Si. The Morgan fingerprint density at radius 3 is 2.42 bits per heavy atom. The lowest BCUT2D eigenvalue weighted by Gasteiger charge is -2.34. The van der Waals surface area contributed by atoms with Crippen LogP contribution in [0.1, 0.15) is 37.4 Å². The van der Waals surface area contributed by atoms with E-state index in [9.17, 15) is 4.79 Å². The van der Waals surface area contributed by atoms with E-state index in [0.29, 0.717) is 5.78 Å². The molecular weight excluding hydrogens is 252 g/mol. The number of carbonyl (C=O) groups excluding carboxylic acids is 1. The molecule has 1 aliphatic carbocycles. The molecule has 0 N–H and O–H groups in total. The first-order chi connectivity index (χ1) is 8.97. The second-order valence-corrected chi connectivity index (χ2v) is 10.8. The van der Waals surface area contributed by atoms with Gasteiger partial charge in [0.1, 0.15) is 5.78 Å². The molecule has 3 heteroatoms. The summed E-state index contributed by atoms with van der Waals surface area (Å²) in [5, 5.41) is 0. The van der Waals surface area contributed by atoms with Gasteiger partial charge in [-0.3, -0.25) is 4.79 Å². The molecule has 0 bridgehead atoms. The van der Waals surface area contributed by atoms with Crippen LogP contribution >= 0.6 is 0 Å². The topological polar surface area (TPSA) is 26.3 Å². The Morgan fingerprint density at radius 1 is 1.16 bits per heavy atom. The molecule has 0 amide bonds. The zero-order chi connectivity index (χ0) is 13.9. The third-order valence-corrected chi connectivity index (χ3v) is 4.54. The molecule has 1 aromatic rings. The Morgan fingerprint density at radius 2 is 1.84 bits per heavy atom. The van der Waals surface area contributed by atoms with Crippen LogP contribution in [0.2, 0.25) is 19.6 Å². The molecule has 1 aliphatic rings. The van der Waals surface area contributed by atoms with Crippen LogP contribution in [0.5, 0.6) is 0 Å². The minimum Gasteiger partial charge on any atom is -0.410 e. The quantitative estimate of drug-likeness (QED) is 0.765. The van der Waals surface area contributed by atoms with Crippen molar-refractivity contribution >= 4 is 14.1 Å². The van der Waals surface area contributed by atoms with Crippen molar-refractivity contribution in [3.8, 4) is 0 Å². The van der Waals surface area contributed by atoms with Crippen LogP contribution in [0.25, 0.3) is 0 Å². The summed E-state index contributed by atoms with van der Waals surface area (Å²) in [7, 11) is -1.67. The van der Waals surface area contributed by atoms with Gasteiger partial charge in [-0.15, -0.1) is 0 Å². The van der Waals surface area contributed by atoms with E-state index in [4.69, 9.17) is 4.43 Å². The minimum atomic E-state index is -1.67. The average Bonchev–Trinajstić information content (AvgIpc) is 2.37. The normalized spacial score (nSPS) is 22.3. The van der Waals surface area contributed by atoms with Gasteiger partial charge in [0, 0.05) is 12.3 Å². The summed E-state index contributed by atoms with van der Waals surface area (Å²) in [5.74, 6) is 0.446. The second kappa shape index (κ2) is 6.01. The highest BCUT2D eigenvalue weighted by molar-refractivity contribution is 6.69. The monoisotopic (exact) mass is 276 g/mol. The van der Waals surface area contributed by atoms with Crippen LogP contribution in [0, 0.1) is 5.92 Å². The Balaban J connectivity index is 2.26. The first-order valence-corrected chi connectivity index (χ1v) is 10.6. The number of Topliss-reactive ketones (excluding diaryl/α,β-unsaturated/α-hetero) is 1. The van der Waals surface area contributed by atoms with E-state index in [2.05, 4.69) is 31.8 Å². The van der Waals surface area contributed by atoms with E-state index in [1.54, 1.807) is 0 Å². The highest BCUT2D eigenvalue weighted by Crippen LogP contribution is 2.36. The first kappa shape index (κ1) is 14.5. The lowest BCUT2D eigenvalue weighted by atomic mass is 9.82. The fourth-order valence-corrected chi connectivity index (χ4v) is 3.80. The summed E-state index contributed by atoms with van der Waals surface area (Å²) >= 11 is 0. The van der Waals surface area contributed by atoms with E-state index in [0.717, 1.165) is 31.2 Å². The van der Waals surface area contributed by atoms with Gasteiger partial charge in [-0.25, -0.2) is 0 Å². The molecule has 0 saturated heterocycles. The van der Waals surface area contributed by atoms with Crippen LogP contribution in [-0.4, -0.2) is 14.1 Å². The fraction of sp³-hybridized carbons (Fsp3) is 0.562. The molecule has 1 saturated carbocycles. The Labute approximate surface area is 117 Å². The fourth-order valence-electron chi connectivity index (χ4n) is 2.74. The van der Waals surface area contributed by atoms with Gasteiger partial charge in [0.25, 0.3) is 0 Å². The molecule has 0 radical (unpaired) electrons. The molecule has 0 heterocycles. The van der Waals surface area contributed by atoms with Crippen molar-refractivity contribution in [1.82, 2.24) is 0 Å². The van der Waals surface area contributed by atoms with Crippen molar-refractivity contribution in [3.05, 3.63) is 35.9 Å². The number of rotatable bonds is 4. The van der Waals surface area contributed by atoms with Crippen LogP contribution in [0.3, 0.4) is 0 Å². The summed E-state index contributed by atoms with van der Waals surface area (Å²) in [5.41, 5.74) is 1.16. The average molecular weight is 276 g/mol. The summed E-state index contributed by atoms with van der Waals surface area (Å²) in [6.07, 6.45) is 3.85. The lowest BCUT2D eigenvalue weighted by Crippen LogP contribution is -2.35. The minimum absolute atomic E-state index is 0.0410. The molecule has 2 rings (SSSR count). The maximum atomic E-state index is 12.2. The third kappa shape index (κ3) is 4.01. The van der Waals surface area contributed by atoms with Crippen LogP contribution in [-0.2, 0) is 9.22 Å². The van der Waals surface area contributed by atoms with Gasteiger partial charge >= 0.3 is 0 Å². The summed E-state index contributed by atoms with van der Waals surface area (Å²) < 4.78 is 6.35. The third-order valence-electron chi connectivity index (χ3n) is 3.58. The molecule has 2 nitrogen and oxygen atoms in total. The molecule has 2 atom stereocenters. The molecule has 1 aromatic carbocycles. The van der Waals surface area contributed by atoms with Gasteiger partial charge < -0.3 is 4.43 Å². The van der Waals surface area contributed by atoms with Crippen LogP contribution in [0.15, 0.2) is 30.3 Å². The standard InChI is InChI=1S/C16H24O2Si/c1-19(2,3)18-16(13-9-5-4-6-10-13)14-11-7-8-12-15(14)17/h4-6,9-10,14,16H,7-8,11-12H2,1-3H3/t14-,16+/m0/s1. The van der Waals surface area contributed by atoms with Crippen molar-refractivity contribution in [3.63, 3.8) is 0 Å². The lowest BCUT2D eigenvalue weighted by molar-refractivity contribution is -0.128. The van der Waals surface area contributed by atoms with Crippen LogP contribution in [0.4, 0.5) is 0 Å². The Bertz CT molecular complexity index is 422. The van der Waals surface area contributed by atoms with E-state index in [1.807, 2.05) is 18.2 Å². The second-order valence-electron chi connectivity index (χ2n) is 6.38. The van der Waals surface area contributed by atoms with Gasteiger partial charge in [-0.2, -0.15) is 0 Å². The zero-order valence-corrected chi connectivity index (χ0v) is 13.2. The van der Waals surface area contributed by atoms with Gasteiger partial charge in [0.2, 0.25) is 0 Å². The number of hydrogen-bond donors (Lipinski definition) is 0. The summed E-state index contributed by atoms with van der Waals surface area (Å²) in [6.45, 7) is 6.57. The van der Waals surface area contributed by atoms with E-state index >= 15 is 0 Å². The number of hydrogen-bond acceptors (Lipinski definition) is 2. The van der Waals surface area contributed by atoms with Gasteiger partial charge in [-0.1, -0.05) is 36.8 Å². The SMILES string of the molecule is C[Si](C)(C)O[C@H](c1ccccc1)[C@H]1CCCCC1=O. The summed E-state index contributed by atoms with van der Waals surface area (Å²) in [4.78, 5) is 12.2.